The number of halogens is 3. The smallest absolute Gasteiger partial charge is 0.226 e. The minimum atomic E-state index is -0.739. The molecule has 0 aliphatic rings. The molecular weight excluding hydrogens is 405 g/mol. The van der Waals surface area contributed by atoms with Crippen LogP contribution in [0.15, 0.2) is 54.7 Å². The van der Waals surface area contributed by atoms with Crippen LogP contribution in [0.25, 0.3) is 11.1 Å². The second-order valence-electron chi connectivity index (χ2n) is 7.04. The van der Waals surface area contributed by atoms with Crippen LogP contribution in [0.5, 0.6) is 0 Å². The molecule has 2 aromatic carbocycles. The van der Waals surface area contributed by atoms with Crippen molar-refractivity contribution in [3.8, 4) is 11.1 Å². The molecule has 7 heteroatoms. The summed E-state index contributed by atoms with van der Waals surface area (Å²) in [5.41, 5.74) is 1.11. The number of carbonyl (C=O) groups is 2. The zero-order valence-electron chi connectivity index (χ0n) is 17.2. The molecule has 1 heterocycles. The summed E-state index contributed by atoms with van der Waals surface area (Å²) in [6, 6.07) is 11.4. The largest absolute Gasteiger partial charge is 0.313 e. The van der Waals surface area contributed by atoms with Crippen molar-refractivity contribution >= 4 is 17.4 Å². The average molecular weight is 426 g/mol. The van der Waals surface area contributed by atoms with Gasteiger partial charge in [0.2, 0.25) is 11.9 Å². The predicted molar refractivity (Wildman–Crippen MR) is 112 cm³/mol. The highest BCUT2D eigenvalue weighted by atomic mass is 19.1. The summed E-state index contributed by atoms with van der Waals surface area (Å²) in [6.45, 7) is 1.68. The van der Waals surface area contributed by atoms with Gasteiger partial charge in [0.05, 0.1) is 11.3 Å². The van der Waals surface area contributed by atoms with Gasteiger partial charge in [-0.1, -0.05) is 25.1 Å². The van der Waals surface area contributed by atoms with E-state index >= 15 is 0 Å². The van der Waals surface area contributed by atoms with E-state index in [1.807, 2.05) is 0 Å². The van der Waals surface area contributed by atoms with E-state index in [4.69, 9.17) is 0 Å². The highest BCUT2D eigenvalue weighted by Gasteiger charge is 2.17. The van der Waals surface area contributed by atoms with Crippen LogP contribution in [0, 0.1) is 17.6 Å². The lowest BCUT2D eigenvalue weighted by molar-refractivity contribution is -0.118. The molecule has 0 unspecified atom stereocenters. The minimum Gasteiger partial charge on any atom is -0.313 e. The summed E-state index contributed by atoms with van der Waals surface area (Å²) in [5.74, 6) is -2.69. The Balaban J connectivity index is 1.77. The number of carbonyl (C=O) groups excluding carboxylic acids is 2. The number of nitrogens with zero attached hydrogens (tertiary/aromatic N) is 2. The molecule has 0 atom stereocenters. The van der Waals surface area contributed by atoms with Gasteiger partial charge in [-0.15, -0.1) is 0 Å². The fourth-order valence-electron chi connectivity index (χ4n) is 3.24. The first-order valence-corrected chi connectivity index (χ1v) is 9.80. The number of pyridine rings is 1. The Hall–Kier alpha value is -3.48. The van der Waals surface area contributed by atoms with E-state index in [0.29, 0.717) is 11.1 Å². The third-order valence-corrected chi connectivity index (χ3v) is 5.05. The Labute approximate surface area is 178 Å². The van der Waals surface area contributed by atoms with Gasteiger partial charge in [0, 0.05) is 31.6 Å². The number of ketones is 1. The van der Waals surface area contributed by atoms with E-state index in [1.54, 1.807) is 19.1 Å². The molecule has 0 spiro atoms. The lowest BCUT2D eigenvalue weighted by atomic mass is 9.98. The molecule has 0 radical (unpaired) electrons. The third kappa shape index (κ3) is 4.99. The minimum absolute atomic E-state index is 0.0694. The first-order chi connectivity index (χ1) is 14.8. The highest BCUT2D eigenvalue weighted by Crippen LogP contribution is 2.28. The summed E-state index contributed by atoms with van der Waals surface area (Å²) in [4.78, 5) is 28.9. The van der Waals surface area contributed by atoms with Crippen LogP contribution in [0.2, 0.25) is 0 Å². The van der Waals surface area contributed by atoms with Crippen molar-refractivity contribution in [1.82, 2.24) is 4.98 Å². The molecule has 0 saturated carbocycles. The fraction of sp³-hybridized carbons (Fsp3) is 0.208. The molecule has 0 N–H and O–H groups in total. The number of aromatic nitrogens is 1. The van der Waals surface area contributed by atoms with Gasteiger partial charge in [-0.3, -0.25) is 9.59 Å². The number of anilines is 1. The molecule has 0 saturated heterocycles. The highest BCUT2D eigenvalue weighted by molar-refractivity contribution is 5.97. The summed E-state index contributed by atoms with van der Waals surface area (Å²) < 4.78 is 42.7. The maximum Gasteiger partial charge on any atom is 0.226 e. The molecule has 1 aromatic heterocycles. The number of Topliss-reactive ketones (excluding diaryl/α,β-unsaturated/α-hetero) is 1. The lowest BCUT2D eigenvalue weighted by Gasteiger charge is -2.18. The first kappa shape index (κ1) is 22.2. The van der Waals surface area contributed by atoms with Crippen molar-refractivity contribution in [2.24, 2.45) is 0 Å². The van der Waals surface area contributed by atoms with E-state index < -0.39 is 23.4 Å². The van der Waals surface area contributed by atoms with Crippen molar-refractivity contribution in [1.29, 1.82) is 0 Å². The van der Waals surface area contributed by atoms with Gasteiger partial charge in [-0.2, -0.15) is 4.39 Å². The van der Waals surface area contributed by atoms with Crippen LogP contribution in [-0.2, 0) is 11.2 Å². The quantitative estimate of drug-likeness (QED) is 0.378. The molecular formula is C24H21F3N2O2. The van der Waals surface area contributed by atoms with Gasteiger partial charge >= 0.3 is 0 Å². The third-order valence-electron chi connectivity index (χ3n) is 5.05. The summed E-state index contributed by atoms with van der Waals surface area (Å²) in [5, 5.41) is 0. The number of benzene rings is 2. The lowest BCUT2D eigenvalue weighted by Crippen LogP contribution is -2.25. The van der Waals surface area contributed by atoms with Gasteiger partial charge in [0.15, 0.2) is 5.78 Å². The van der Waals surface area contributed by atoms with Crippen LogP contribution in [0.3, 0.4) is 0 Å². The summed E-state index contributed by atoms with van der Waals surface area (Å²) >= 11 is 0. The van der Waals surface area contributed by atoms with Gasteiger partial charge in [0.25, 0.3) is 0 Å². The van der Waals surface area contributed by atoms with Gasteiger partial charge < -0.3 is 4.90 Å². The molecule has 31 heavy (non-hydrogen) atoms. The zero-order chi connectivity index (χ0) is 22.5. The van der Waals surface area contributed by atoms with E-state index in [1.165, 1.54) is 48.5 Å². The van der Waals surface area contributed by atoms with E-state index in [0.717, 1.165) is 6.07 Å². The Kier molecular flexibility index (Phi) is 6.84. The van der Waals surface area contributed by atoms with Crippen LogP contribution in [0.1, 0.15) is 35.7 Å². The van der Waals surface area contributed by atoms with E-state index in [9.17, 15) is 22.8 Å². The Bertz CT molecular complexity index is 1130. The Morgan fingerprint density at radius 3 is 2.26 bits per heavy atom. The summed E-state index contributed by atoms with van der Waals surface area (Å²) in [7, 11) is 1.49. The Morgan fingerprint density at radius 1 is 0.968 bits per heavy atom. The van der Waals surface area contributed by atoms with Crippen LogP contribution in [-0.4, -0.2) is 23.7 Å². The van der Waals surface area contributed by atoms with Crippen molar-refractivity contribution < 1.29 is 22.8 Å². The number of amides is 1. The number of hydrogen-bond donors (Lipinski definition) is 0. The Morgan fingerprint density at radius 2 is 1.65 bits per heavy atom. The molecule has 0 aliphatic heterocycles. The molecule has 3 aromatic rings. The average Bonchev–Trinajstić information content (AvgIpc) is 2.77. The second kappa shape index (κ2) is 9.55. The molecule has 0 bridgehead atoms. The van der Waals surface area contributed by atoms with Gasteiger partial charge in [-0.25, -0.2) is 13.8 Å². The summed E-state index contributed by atoms with van der Waals surface area (Å²) in [6.07, 6.45) is 1.59. The molecule has 3 rings (SSSR count). The molecule has 1 amide bonds. The fourth-order valence-corrected chi connectivity index (χ4v) is 3.24. The number of hydrogen-bond acceptors (Lipinski definition) is 3. The maximum absolute atomic E-state index is 14.6. The first-order valence-electron chi connectivity index (χ1n) is 9.80. The van der Waals surface area contributed by atoms with Gasteiger partial charge in [0.1, 0.15) is 11.6 Å². The zero-order valence-corrected chi connectivity index (χ0v) is 17.2. The number of rotatable bonds is 7. The molecule has 0 fully saturated rings. The van der Waals surface area contributed by atoms with Crippen molar-refractivity contribution in [2.45, 2.75) is 26.2 Å². The molecule has 160 valence electrons. The van der Waals surface area contributed by atoms with Crippen LogP contribution < -0.4 is 4.90 Å². The topological polar surface area (TPSA) is 50.3 Å². The van der Waals surface area contributed by atoms with E-state index in [2.05, 4.69) is 4.98 Å². The van der Waals surface area contributed by atoms with Crippen molar-refractivity contribution in [3.05, 3.63) is 83.4 Å². The SMILES string of the molecule is CCC(=O)N(C)c1ccc(-c2ccc(C(=O)CCc3cccnc3F)c(F)c2)cc1F. The normalized spacial score (nSPS) is 10.7. The number of aryl methyl sites for hydroxylation is 1. The maximum atomic E-state index is 14.6. The van der Waals surface area contributed by atoms with Crippen LogP contribution >= 0.6 is 0 Å². The van der Waals surface area contributed by atoms with Crippen molar-refractivity contribution in [2.75, 3.05) is 11.9 Å². The van der Waals surface area contributed by atoms with Crippen LogP contribution in [0.4, 0.5) is 18.9 Å². The van der Waals surface area contributed by atoms with Gasteiger partial charge in [-0.05, 0) is 47.9 Å². The van der Waals surface area contributed by atoms with Crippen molar-refractivity contribution in [3.63, 3.8) is 0 Å². The second-order valence-corrected chi connectivity index (χ2v) is 7.04. The monoisotopic (exact) mass is 426 g/mol. The standard InChI is InChI=1S/C24H21F3N2O2/c1-3-23(31)29(2)21-10-7-17(14-20(21)26)16-6-9-18(19(25)13-16)22(30)11-8-15-5-4-12-28-24(15)27/h4-7,9-10,12-14H,3,8,11H2,1-2H3. The predicted octanol–water partition coefficient (Wildman–Crippen LogP) is 5.35. The molecule has 0 aliphatic carbocycles. The molecule has 4 nitrogen and oxygen atoms in total. The van der Waals surface area contributed by atoms with E-state index in [-0.39, 0.29) is 42.0 Å².